The van der Waals surface area contributed by atoms with Gasteiger partial charge in [0.05, 0.1) is 5.92 Å². The van der Waals surface area contributed by atoms with Gasteiger partial charge in [-0.2, -0.15) is 0 Å². The Kier molecular flexibility index (Phi) is 5.34. The van der Waals surface area contributed by atoms with Crippen molar-refractivity contribution in [1.29, 1.82) is 0 Å². The second-order valence-corrected chi connectivity index (χ2v) is 3.21. The molecule has 3 heteroatoms. The molecule has 0 amide bonds. The number of carboxylic acid groups (broad SMARTS) is 1. The van der Waals surface area contributed by atoms with Gasteiger partial charge in [0.1, 0.15) is 6.79 Å². The summed E-state index contributed by atoms with van der Waals surface area (Å²) in [6.07, 6.45) is 4.29. The maximum Gasteiger partial charge on any atom is 0.306 e. The molecule has 1 aliphatic rings. The molecule has 0 aromatic carbocycles. The van der Waals surface area contributed by atoms with Crippen LogP contribution >= 0.6 is 0 Å². The fourth-order valence-corrected chi connectivity index (χ4v) is 1.68. The van der Waals surface area contributed by atoms with E-state index in [4.69, 9.17) is 9.90 Å². The molecule has 12 heavy (non-hydrogen) atoms. The second-order valence-electron chi connectivity index (χ2n) is 3.21. The van der Waals surface area contributed by atoms with Crippen molar-refractivity contribution in [2.45, 2.75) is 32.6 Å². The Morgan fingerprint density at radius 1 is 1.33 bits per heavy atom. The Morgan fingerprint density at radius 2 is 1.83 bits per heavy atom. The number of rotatable bonds is 1. The van der Waals surface area contributed by atoms with Crippen molar-refractivity contribution >= 4 is 12.8 Å². The Labute approximate surface area is 72.8 Å². The van der Waals surface area contributed by atoms with Gasteiger partial charge in [-0.05, 0) is 18.8 Å². The van der Waals surface area contributed by atoms with Crippen molar-refractivity contribution in [2.24, 2.45) is 11.8 Å². The maximum atomic E-state index is 10.6. The molecule has 70 valence electrons. The number of hydrogen-bond acceptors (Lipinski definition) is 2. The zero-order chi connectivity index (χ0) is 9.56. The van der Waals surface area contributed by atoms with Crippen molar-refractivity contribution in [3.05, 3.63) is 0 Å². The third-order valence-electron chi connectivity index (χ3n) is 2.43. The van der Waals surface area contributed by atoms with Crippen LogP contribution in [0.1, 0.15) is 32.6 Å². The summed E-state index contributed by atoms with van der Waals surface area (Å²) in [5.74, 6) is -0.271. The summed E-state index contributed by atoms with van der Waals surface area (Å²) in [6.45, 7) is 4.04. The summed E-state index contributed by atoms with van der Waals surface area (Å²) in [4.78, 5) is 18.6. The first kappa shape index (κ1) is 11.1. The Balaban J connectivity index is 0.000000561. The highest BCUT2D eigenvalue weighted by atomic mass is 16.4. The summed E-state index contributed by atoms with van der Waals surface area (Å²) in [7, 11) is 0. The number of carbonyl (C=O) groups excluding carboxylic acids is 1. The molecule has 0 aliphatic heterocycles. The van der Waals surface area contributed by atoms with E-state index in [0.29, 0.717) is 5.92 Å². The summed E-state index contributed by atoms with van der Waals surface area (Å²) >= 11 is 0. The molecule has 0 aromatic rings. The monoisotopic (exact) mass is 172 g/mol. The highest BCUT2D eigenvalue weighted by Gasteiger charge is 2.26. The first-order valence-electron chi connectivity index (χ1n) is 4.23. The molecule has 1 rings (SSSR count). The van der Waals surface area contributed by atoms with E-state index < -0.39 is 5.97 Å². The van der Waals surface area contributed by atoms with Crippen LogP contribution in [0.25, 0.3) is 0 Å². The molecule has 0 radical (unpaired) electrons. The number of carbonyl (C=O) groups is 2. The molecule has 0 aromatic heterocycles. The molecule has 0 saturated heterocycles. The van der Waals surface area contributed by atoms with Gasteiger partial charge in [-0.25, -0.2) is 0 Å². The molecule has 3 nitrogen and oxygen atoms in total. The molecule has 2 atom stereocenters. The van der Waals surface area contributed by atoms with Gasteiger partial charge in [-0.3, -0.25) is 4.79 Å². The number of hydrogen-bond donors (Lipinski definition) is 1. The second kappa shape index (κ2) is 5.75. The molecule has 1 N–H and O–H groups in total. The third-order valence-corrected chi connectivity index (χ3v) is 2.43. The molecule has 0 spiro atoms. The van der Waals surface area contributed by atoms with Gasteiger partial charge in [-0.15, -0.1) is 0 Å². The average molecular weight is 172 g/mol. The van der Waals surface area contributed by atoms with Gasteiger partial charge in [0.2, 0.25) is 0 Å². The third kappa shape index (κ3) is 3.03. The largest absolute Gasteiger partial charge is 0.481 e. The summed E-state index contributed by atoms with van der Waals surface area (Å²) in [5.41, 5.74) is 0. The minimum Gasteiger partial charge on any atom is -0.481 e. The van der Waals surface area contributed by atoms with Crippen molar-refractivity contribution in [1.82, 2.24) is 0 Å². The highest BCUT2D eigenvalue weighted by molar-refractivity contribution is 5.70. The fourth-order valence-electron chi connectivity index (χ4n) is 1.68. The van der Waals surface area contributed by atoms with Crippen molar-refractivity contribution < 1.29 is 14.7 Å². The van der Waals surface area contributed by atoms with Crippen LogP contribution in [-0.4, -0.2) is 17.9 Å². The topological polar surface area (TPSA) is 54.4 Å². The lowest BCUT2D eigenvalue weighted by Gasteiger charge is -2.24. The normalized spacial score (nSPS) is 28.4. The molecular weight excluding hydrogens is 156 g/mol. The van der Waals surface area contributed by atoms with E-state index in [-0.39, 0.29) is 5.92 Å². The Morgan fingerprint density at radius 3 is 2.17 bits per heavy atom. The number of aliphatic carboxylic acids is 1. The van der Waals surface area contributed by atoms with E-state index >= 15 is 0 Å². The zero-order valence-corrected chi connectivity index (χ0v) is 7.45. The SMILES string of the molecule is C=O.CC1CCCCC1C(=O)O. The van der Waals surface area contributed by atoms with Gasteiger partial charge >= 0.3 is 5.97 Å². The van der Waals surface area contributed by atoms with E-state index in [0.717, 1.165) is 19.3 Å². The molecule has 1 aliphatic carbocycles. The van der Waals surface area contributed by atoms with E-state index in [2.05, 4.69) is 0 Å². The van der Waals surface area contributed by atoms with Crippen LogP contribution < -0.4 is 0 Å². The van der Waals surface area contributed by atoms with Crippen LogP contribution in [0.5, 0.6) is 0 Å². The standard InChI is InChI=1S/C8H14O2.CH2O/c1-6-4-2-3-5-7(6)8(9)10;1-2/h6-7H,2-5H2,1H3,(H,9,10);1H2. The molecule has 1 fully saturated rings. The van der Waals surface area contributed by atoms with Gasteiger partial charge in [0, 0.05) is 0 Å². The van der Waals surface area contributed by atoms with Crippen molar-refractivity contribution in [3.63, 3.8) is 0 Å². The Hall–Kier alpha value is -0.860. The quantitative estimate of drug-likeness (QED) is 0.655. The summed E-state index contributed by atoms with van der Waals surface area (Å²) < 4.78 is 0. The minimum absolute atomic E-state index is 0.0613. The van der Waals surface area contributed by atoms with Crippen LogP contribution in [0.2, 0.25) is 0 Å². The minimum atomic E-state index is -0.604. The van der Waals surface area contributed by atoms with Crippen molar-refractivity contribution in [2.75, 3.05) is 0 Å². The Bertz CT molecular complexity index is 145. The first-order chi connectivity index (χ1) is 5.72. The smallest absolute Gasteiger partial charge is 0.306 e. The van der Waals surface area contributed by atoms with E-state index in [9.17, 15) is 4.79 Å². The van der Waals surface area contributed by atoms with Crippen LogP contribution in [0.3, 0.4) is 0 Å². The van der Waals surface area contributed by atoms with Crippen LogP contribution in [-0.2, 0) is 9.59 Å². The zero-order valence-electron chi connectivity index (χ0n) is 7.45. The van der Waals surface area contributed by atoms with Gasteiger partial charge in [0.15, 0.2) is 0 Å². The lowest BCUT2D eigenvalue weighted by molar-refractivity contribution is -0.144. The lowest BCUT2D eigenvalue weighted by atomic mass is 9.81. The van der Waals surface area contributed by atoms with Gasteiger partial charge in [-0.1, -0.05) is 19.8 Å². The van der Waals surface area contributed by atoms with Crippen LogP contribution in [0.4, 0.5) is 0 Å². The summed E-state index contributed by atoms with van der Waals surface area (Å²) in [6, 6.07) is 0. The van der Waals surface area contributed by atoms with Gasteiger partial charge < -0.3 is 9.90 Å². The molecule has 0 heterocycles. The average Bonchev–Trinajstić information content (AvgIpc) is 2.08. The molecule has 2 unspecified atom stereocenters. The van der Waals surface area contributed by atoms with E-state index in [1.54, 1.807) is 0 Å². The first-order valence-corrected chi connectivity index (χ1v) is 4.23. The van der Waals surface area contributed by atoms with Gasteiger partial charge in [0.25, 0.3) is 0 Å². The number of carboxylic acids is 1. The van der Waals surface area contributed by atoms with Crippen LogP contribution in [0, 0.1) is 11.8 Å². The van der Waals surface area contributed by atoms with Crippen LogP contribution in [0.15, 0.2) is 0 Å². The van der Waals surface area contributed by atoms with Crippen molar-refractivity contribution in [3.8, 4) is 0 Å². The van der Waals surface area contributed by atoms with E-state index in [1.807, 2.05) is 13.7 Å². The highest BCUT2D eigenvalue weighted by Crippen LogP contribution is 2.29. The summed E-state index contributed by atoms with van der Waals surface area (Å²) in [5, 5.41) is 8.71. The van der Waals surface area contributed by atoms with E-state index in [1.165, 1.54) is 6.42 Å². The molecule has 0 bridgehead atoms. The molecular formula is C9H16O3. The fraction of sp³-hybridized carbons (Fsp3) is 0.778. The lowest BCUT2D eigenvalue weighted by Crippen LogP contribution is -2.24. The molecule has 1 saturated carbocycles. The predicted octanol–water partition coefficient (Wildman–Crippen LogP) is 1.71. The maximum absolute atomic E-state index is 10.6. The predicted molar refractivity (Wildman–Crippen MR) is 45.9 cm³/mol.